The zero-order valence-electron chi connectivity index (χ0n) is 12.7. The van der Waals surface area contributed by atoms with Gasteiger partial charge in [0.05, 0.1) is 0 Å². The van der Waals surface area contributed by atoms with Crippen LogP contribution in [-0.2, 0) is 6.54 Å². The summed E-state index contributed by atoms with van der Waals surface area (Å²) in [5, 5.41) is 3.67. The smallest absolute Gasteiger partial charge is 0.105 e. The van der Waals surface area contributed by atoms with Crippen LogP contribution in [0.5, 0.6) is 0 Å². The van der Waals surface area contributed by atoms with E-state index in [1.54, 1.807) is 0 Å². The first-order valence-electron chi connectivity index (χ1n) is 7.81. The van der Waals surface area contributed by atoms with Crippen molar-refractivity contribution in [2.75, 3.05) is 26.2 Å². The summed E-state index contributed by atoms with van der Waals surface area (Å²) in [5.74, 6) is 1.10. The molecule has 0 amide bonds. The monoisotopic (exact) mass is 284 g/mol. The van der Waals surface area contributed by atoms with Crippen LogP contribution in [0.15, 0.2) is 42.7 Å². The molecule has 0 saturated carbocycles. The van der Waals surface area contributed by atoms with E-state index < -0.39 is 0 Å². The van der Waals surface area contributed by atoms with Gasteiger partial charge in [-0.25, -0.2) is 4.98 Å². The topological polar surface area (TPSA) is 33.1 Å². The molecule has 2 heterocycles. The fourth-order valence-corrected chi connectivity index (χ4v) is 2.99. The summed E-state index contributed by atoms with van der Waals surface area (Å²) in [7, 11) is 0. The molecule has 4 nitrogen and oxygen atoms in total. The van der Waals surface area contributed by atoms with E-state index >= 15 is 0 Å². The summed E-state index contributed by atoms with van der Waals surface area (Å²) in [6.45, 7) is 7.52. The minimum absolute atomic E-state index is 0.442. The molecule has 1 fully saturated rings. The number of nitrogens with one attached hydrogen (secondary N) is 1. The molecule has 1 aliphatic rings. The first kappa shape index (κ1) is 14.3. The third-order valence-corrected chi connectivity index (χ3v) is 4.27. The van der Waals surface area contributed by atoms with Gasteiger partial charge in [-0.2, -0.15) is 0 Å². The number of hydrogen-bond donors (Lipinski definition) is 1. The van der Waals surface area contributed by atoms with Gasteiger partial charge in [-0.3, -0.25) is 4.90 Å². The van der Waals surface area contributed by atoms with Crippen molar-refractivity contribution < 1.29 is 0 Å². The van der Waals surface area contributed by atoms with Crippen LogP contribution in [0.3, 0.4) is 0 Å². The molecular weight excluding hydrogens is 260 g/mol. The van der Waals surface area contributed by atoms with Crippen LogP contribution in [0.4, 0.5) is 0 Å². The number of hydrogen-bond acceptors (Lipinski definition) is 3. The van der Waals surface area contributed by atoms with E-state index in [1.807, 2.05) is 6.20 Å². The summed E-state index contributed by atoms with van der Waals surface area (Å²) in [6, 6.07) is 11.2. The maximum absolute atomic E-state index is 4.29. The lowest BCUT2D eigenvalue weighted by Crippen LogP contribution is -2.33. The van der Waals surface area contributed by atoms with E-state index in [9.17, 15) is 0 Å². The quantitative estimate of drug-likeness (QED) is 0.934. The second kappa shape index (κ2) is 6.87. The van der Waals surface area contributed by atoms with Crippen molar-refractivity contribution in [2.45, 2.75) is 25.9 Å². The first-order chi connectivity index (χ1) is 10.3. The second-order valence-corrected chi connectivity index (χ2v) is 5.74. The average molecular weight is 284 g/mol. The number of aryl methyl sites for hydroxylation is 1. The molecule has 1 aromatic heterocycles. The van der Waals surface area contributed by atoms with Crippen molar-refractivity contribution >= 4 is 0 Å². The largest absolute Gasteiger partial charge is 0.334 e. The molecule has 1 saturated heterocycles. The second-order valence-electron chi connectivity index (χ2n) is 5.74. The molecule has 0 radical (unpaired) electrons. The maximum atomic E-state index is 4.29. The van der Waals surface area contributed by atoms with Gasteiger partial charge in [-0.15, -0.1) is 0 Å². The molecule has 21 heavy (non-hydrogen) atoms. The molecule has 1 N–H and O–H groups in total. The van der Waals surface area contributed by atoms with Crippen molar-refractivity contribution in [3.63, 3.8) is 0 Å². The summed E-state index contributed by atoms with van der Waals surface area (Å²) in [5.41, 5.74) is 1.39. The Kier molecular flexibility index (Phi) is 4.68. The number of imidazole rings is 1. The lowest BCUT2D eigenvalue weighted by atomic mass is 10.1. The fourth-order valence-electron chi connectivity index (χ4n) is 2.99. The Balaban J connectivity index is 1.61. The Morgan fingerprint density at radius 2 is 2.10 bits per heavy atom. The SMILES string of the molecule is Cc1nccn1CCN1CCCNC(c2ccccc2)C1. The summed E-state index contributed by atoms with van der Waals surface area (Å²) in [4.78, 5) is 6.86. The van der Waals surface area contributed by atoms with Gasteiger partial charge in [0.2, 0.25) is 0 Å². The molecule has 1 atom stereocenters. The Bertz CT molecular complexity index is 549. The number of rotatable bonds is 4. The van der Waals surface area contributed by atoms with Gasteiger partial charge in [0.25, 0.3) is 0 Å². The van der Waals surface area contributed by atoms with Crippen molar-refractivity contribution in [1.82, 2.24) is 19.8 Å². The highest BCUT2D eigenvalue weighted by molar-refractivity contribution is 5.19. The van der Waals surface area contributed by atoms with Crippen LogP contribution in [-0.4, -0.2) is 40.6 Å². The highest BCUT2D eigenvalue weighted by Gasteiger charge is 2.18. The van der Waals surface area contributed by atoms with Crippen LogP contribution in [0, 0.1) is 6.92 Å². The third kappa shape index (κ3) is 3.71. The minimum Gasteiger partial charge on any atom is -0.334 e. The van der Waals surface area contributed by atoms with Crippen LogP contribution in [0.25, 0.3) is 0 Å². The molecule has 3 rings (SSSR count). The molecule has 1 unspecified atom stereocenters. The average Bonchev–Trinajstić information content (AvgIpc) is 2.79. The molecule has 1 aliphatic heterocycles. The van der Waals surface area contributed by atoms with E-state index in [4.69, 9.17) is 0 Å². The predicted octanol–water partition coefficient (Wildman–Crippen LogP) is 2.23. The highest BCUT2D eigenvalue weighted by Crippen LogP contribution is 2.16. The van der Waals surface area contributed by atoms with Crippen molar-refractivity contribution in [1.29, 1.82) is 0 Å². The normalized spacial score (nSPS) is 20.3. The molecule has 4 heteroatoms. The van der Waals surface area contributed by atoms with Gasteiger partial charge in [0, 0.05) is 38.1 Å². The molecule has 112 valence electrons. The first-order valence-corrected chi connectivity index (χ1v) is 7.81. The Labute approximate surface area is 126 Å². The third-order valence-electron chi connectivity index (χ3n) is 4.27. The Hall–Kier alpha value is -1.65. The minimum atomic E-state index is 0.442. The molecule has 0 bridgehead atoms. The predicted molar refractivity (Wildman–Crippen MR) is 85.2 cm³/mol. The van der Waals surface area contributed by atoms with E-state index in [1.165, 1.54) is 18.5 Å². The molecule has 0 aliphatic carbocycles. The number of benzene rings is 1. The summed E-state index contributed by atoms with van der Waals surface area (Å²) >= 11 is 0. The standard InChI is InChI=1S/C17H24N4/c1-15-18-9-11-21(15)13-12-20-10-5-8-19-17(14-20)16-6-3-2-4-7-16/h2-4,6-7,9,11,17,19H,5,8,10,12-14H2,1H3. The van der Waals surface area contributed by atoms with Gasteiger partial charge in [0.1, 0.15) is 5.82 Å². The van der Waals surface area contributed by atoms with Gasteiger partial charge in [-0.1, -0.05) is 30.3 Å². The highest BCUT2D eigenvalue weighted by atomic mass is 15.2. The van der Waals surface area contributed by atoms with Crippen LogP contribution < -0.4 is 5.32 Å². The van der Waals surface area contributed by atoms with Crippen molar-refractivity contribution in [3.8, 4) is 0 Å². The molecule has 1 aromatic carbocycles. The fraction of sp³-hybridized carbons (Fsp3) is 0.471. The van der Waals surface area contributed by atoms with E-state index in [0.717, 1.165) is 32.0 Å². The van der Waals surface area contributed by atoms with Crippen LogP contribution in [0.1, 0.15) is 23.9 Å². The van der Waals surface area contributed by atoms with Crippen molar-refractivity contribution in [3.05, 3.63) is 54.1 Å². The molecule has 0 spiro atoms. The molecular formula is C17H24N4. The van der Waals surface area contributed by atoms with E-state index in [0.29, 0.717) is 6.04 Å². The summed E-state index contributed by atoms with van der Waals surface area (Å²) < 4.78 is 2.23. The van der Waals surface area contributed by atoms with Crippen LogP contribution in [0.2, 0.25) is 0 Å². The molecule has 2 aromatic rings. The Morgan fingerprint density at radius 3 is 2.86 bits per heavy atom. The lowest BCUT2D eigenvalue weighted by Gasteiger charge is -2.25. The zero-order valence-corrected chi connectivity index (χ0v) is 12.7. The Morgan fingerprint density at radius 1 is 1.24 bits per heavy atom. The van der Waals surface area contributed by atoms with E-state index in [2.05, 4.69) is 63.2 Å². The number of nitrogens with zero attached hydrogens (tertiary/aromatic N) is 3. The van der Waals surface area contributed by atoms with Crippen molar-refractivity contribution in [2.24, 2.45) is 0 Å². The van der Waals surface area contributed by atoms with Gasteiger partial charge in [0.15, 0.2) is 0 Å². The number of aromatic nitrogens is 2. The van der Waals surface area contributed by atoms with Gasteiger partial charge in [-0.05, 0) is 32.0 Å². The lowest BCUT2D eigenvalue weighted by molar-refractivity contribution is 0.257. The summed E-state index contributed by atoms with van der Waals surface area (Å²) in [6.07, 6.45) is 5.17. The maximum Gasteiger partial charge on any atom is 0.105 e. The van der Waals surface area contributed by atoms with Gasteiger partial charge < -0.3 is 9.88 Å². The van der Waals surface area contributed by atoms with Crippen LogP contribution >= 0.6 is 0 Å². The zero-order chi connectivity index (χ0) is 14.5. The van der Waals surface area contributed by atoms with E-state index in [-0.39, 0.29) is 0 Å². The van der Waals surface area contributed by atoms with Gasteiger partial charge >= 0.3 is 0 Å².